The van der Waals surface area contributed by atoms with Crippen LogP contribution in [-0.4, -0.2) is 54.4 Å². The summed E-state index contributed by atoms with van der Waals surface area (Å²) < 4.78 is 30.9. The van der Waals surface area contributed by atoms with Gasteiger partial charge in [-0.1, -0.05) is 15.9 Å². The number of aromatic nitrogens is 2. The molecule has 4 aromatic rings. The Morgan fingerprint density at radius 1 is 0.750 bits per heavy atom. The number of hydrogen-bond acceptors (Lipinski definition) is 11. The predicted molar refractivity (Wildman–Crippen MR) is 147 cm³/mol. The molecule has 0 aliphatic carbocycles. The number of oxazole rings is 2. The van der Waals surface area contributed by atoms with Crippen LogP contribution in [0.25, 0.3) is 22.9 Å². The average Bonchev–Trinajstić information content (AvgIpc) is 3.63. The minimum absolute atomic E-state index is 0.000156. The van der Waals surface area contributed by atoms with Crippen molar-refractivity contribution >= 4 is 27.9 Å². The lowest BCUT2D eigenvalue weighted by molar-refractivity contribution is 0.0506. The van der Waals surface area contributed by atoms with E-state index in [0.29, 0.717) is 34.9 Å². The number of halogens is 1. The molecule has 0 spiro atoms. The monoisotopic (exact) mass is 616 g/mol. The molecule has 11 nitrogen and oxygen atoms in total. The number of methoxy groups -OCH3 is 2. The second-order valence-electron chi connectivity index (χ2n) is 7.77. The number of carbonyl (C=O) groups is 2. The SMILES string of the molecule is CCOC(=O)c1nc(-c2ccc(OC)cc2)oc1CBr.CCOC(=O)c1nc(-c2ccc(OC)cc2)oc1CO. The Labute approximate surface area is 239 Å². The van der Waals surface area contributed by atoms with E-state index in [-0.39, 0.29) is 29.6 Å². The summed E-state index contributed by atoms with van der Waals surface area (Å²) in [5.74, 6) is 1.53. The van der Waals surface area contributed by atoms with E-state index in [0.717, 1.165) is 11.3 Å². The molecule has 0 radical (unpaired) electrons. The third-order valence-corrected chi connectivity index (χ3v) is 5.78. The summed E-state index contributed by atoms with van der Waals surface area (Å²) in [7, 11) is 3.17. The maximum atomic E-state index is 11.8. The van der Waals surface area contributed by atoms with Crippen LogP contribution in [0.4, 0.5) is 0 Å². The van der Waals surface area contributed by atoms with Crippen LogP contribution in [0.2, 0.25) is 0 Å². The Hall–Kier alpha value is -4.16. The van der Waals surface area contributed by atoms with Crippen molar-refractivity contribution in [2.75, 3.05) is 27.4 Å². The van der Waals surface area contributed by atoms with Crippen molar-refractivity contribution in [1.29, 1.82) is 0 Å². The summed E-state index contributed by atoms with van der Waals surface area (Å²) in [4.78, 5) is 31.8. The second kappa shape index (κ2) is 14.8. The first kappa shape index (κ1) is 30.4. The highest BCUT2D eigenvalue weighted by molar-refractivity contribution is 9.08. The largest absolute Gasteiger partial charge is 0.497 e. The highest BCUT2D eigenvalue weighted by Crippen LogP contribution is 2.26. The summed E-state index contributed by atoms with van der Waals surface area (Å²) in [5, 5.41) is 9.61. The fourth-order valence-electron chi connectivity index (χ4n) is 3.33. The molecule has 1 N–H and O–H groups in total. The number of aliphatic hydroxyl groups is 1. The van der Waals surface area contributed by atoms with Gasteiger partial charge in [0.05, 0.1) is 32.8 Å². The molecule has 0 unspecified atom stereocenters. The zero-order chi connectivity index (χ0) is 29.1. The number of aliphatic hydroxyl groups excluding tert-OH is 1. The summed E-state index contributed by atoms with van der Waals surface area (Å²) in [5.41, 5.74) is 1.65. The molecule has 0 saturated heterocycles. The van der Waals surface area contributed by atoms with Gasteiger partial charge in [0.25, 0.3) is 0 Å². The lowest BCUT2D eigenvalue weighted by Gasteiger charge is -1.99. The molecule has 0 saturated carbocycles. The Balaban J connectivity index is 0.000000220. The van der Waals surface area contributed by atoms with Gasteiger partial charge in [0, 0.05) is 11.1 Å². The molecule has 2 aromatic heterocycles. The van der Waals surface area contributed by atoms with Gasteiger partial charge < -0.3 is 32.9 Å². The second-order valence-corrected chi connectivity index (χ2v) is 8.33. The van der Waals surface area contributed by atoms with E-state index in [9.17, 15) is 14.7 Å². The van der Waals surface area contributed by atoms with Gasteiger partial charge in [-0.2, -0.15) is 0 Å². The molecule has 0 aliphatic rings. The standard InChI is InChI=1S/C14H14BrNO4.C14H15NO5/c1-3-19-14(17)12-11(8-15)20-13(16-12)9-4-6-10(18-2)7-5-9;1-3-19-14(17)12-11(8-16)20-13(15-12)9-4-6-10(18-2)7-5-9/h4-7H,3,8H2,1-2H3;4-7,16H,3,8H2,1-2H3. The summed E-state index contributed by atoms with van der Waals surface area (Å²) in [6.45, 7) is 3.55. The first-order valence-corrected chi connectivity index (χ1v) is 13.3. The van der Waals surface area contributed by atoms with Crippen LogP contribution >= 0.6 is 15.9 Å². The topological polar surface area (TPSA) is 143 Å². The molecule has 0 atom stereocenters. The molecule has 0 fully saturated rings. The molecule has 0 bridgehead atoms. The number of hydrogen-bond donors (Lipinski definition) is 1. The van der Waals surface area contributed by atoms with Crippen LogP contribution < -0.4 is 9.47 Å². The molecule has 40 heavy (non-hydrogen) atoms. The van der Waals surface area contributed by atoms with Gasteiger partial charge >= 0.3 is 11.9 Å². The normalized spacial score (nSPS) is 10.3. The van der Waals surface area contributed by atoms with Crippen molar-refractivity contribution in [2.24, 2.45) is 0 Å². The Morgan fingerprint density at radius 2 is 1.15 bits per heavy atom. The lowest BCUT2D eigenvalue weighted by atomic mass is 10.2. The molecule has 4 rings (SSSR count). The number of rotatable bonds is 10. The quantitative estimate of drug-likeness (QED) is 0.179. The number of benzene rings is 2. The van der Waals surface area contributed by atoms with Crippen LogP contribution in [0.3, 0.4) is 0 Å². The fraction of sp³-hybridized carbons (Fsp3) is 0.286. The average molecular weight is 617 g/mol. The highest BCUT2D eigenvalue weighted by Gasteiger charge is 2.22. The van der Waals surface area contributed by atoms with E-state index in [1.54, 1.807) is 64.5 Å². The van der Waals surface area contributed by atoms with Gasteiger partial charge in [-0.15, -0.1) is 0 Å². The Kier molecular flexibility index (Phi) is 11.3. The number of nitrogens with zero attached hydrogens (tertiary/aromatic N) is 2. The van der Waals surface area contributed by atoms with Gasteiger partial charge in [0.15, 0.2) is 17.1 Å². The first-order valence-electron chi connectivity index (χ1n) is 12.2. The molecule has 2 aromatic carbocycles. The van der Waals surface area contributed by atoms with E-state index in [4.69, 9.17) is 27.8 Å². The summed E-state index contributed by atoms with van der Waals surface area (Å²) in [6, 6.07) is 14.2. The minimum Gasteiger partial charge on any atom is -0.497 e. The van der Waals surface area contributed by atoms with E-state index >= 15 is 0 Å². The zero-order valence-corrected chi connectivity index (χ0v) is 24.0. The maximum Gasteiger partial charge on any atom is 0.360 e. The lowest BCUT2D eigenvalue weighted by Crippen LogP contribution is -2.07. The molecule has 2 heterocycles. The van der Waals surface area contributed by atoms with Crippen LogP contribution in [0.15, 0.2) is 57.4 Å². The molecular formula is C28H29BrN2O9. The van der Waals surface area contributed by atoms with Crippen molar-refractivity contribution in [2.45, 2.75) is 25.8 Å². The van der Waals surface area contributed by atoms with Gasteiger partial charge in [-0.05, 0) is 62.4 Å². The van der Waals surface area contributed by atoms with Crippen LogP contribution in [0.5, 0.6) is 11.5 Å². The third kappa shape index (κ3) is 7.48. The van der Waals surface area contributed by atoms with Crippen LogP contribution in [0, 0.1) is 0 Å². The van der Waals surface area contributed by atoms with Gasteiger partial charge in [0.2, 0.25) is 11.8 Å². The summed E-state index contributed by atoms with van der Waals surface area (Å²) >= 11 is 3.27. The zero-order valence-electron chi connectivity index (χ0n) is 22.4. The number of ether oxygens (including phenoxy) is 4. The Bertz CT molecular complexity index is 1290. The van der Waals surface area contributed by atoms with Crippen molar-refractivity contribution < 1.29 is 42.5 Å². The van der Waals surface area contributed by atoms with Crippen molar-refractivity contribution in [1.82, 2.24) is 9.97 Å². The van der Waals surface area contributed by atoms with E-state index in [1.807, 2.05) is 12.1 Å². The van der Waals surface area contributed by atoms with E-state index in [2.05, 4.69) is 25.9 Å². The fourth-order valence-corrected chi connectivity index (χ4v) is 3.71. The predicted octanol–water partition coefficient (Wildman–Crippen LogP) is 5.44. The van der Waals surface area contributed by atoms with Crippen molar-refractivity contribution in [3.05, 3.63) is 71.4 Å². The third-order valence-electron chi connectivity index (χ3n) is 5.27. The maximum absolute atomic E-state index is 11.8. The summed E-state index contributed by atoms with van der Waals surface area (Å²) in [6.07, 6.45) is 0. The highest BCUT2D eigenvalue weighted by atomic mass is 79.9. The smallest absolute Gasteiger partial charge is 0.360 e. The molecule has 212 valence electrons. The van der Waals surface area contributed by atoms with Gasteiger partial charge in [-0.25, -0.2) is 19.6 Å². The number of esters is 2. The van der Waals surface area contributed by atoms with Crippen molar-refractivity contribution in [3.63, 3.8) is 0 Å². The molecule has 0 aliphatic heterocycles. The molecule has 0 amide bonds. The molecular weight excluding hydrogens is 588 g/mol. The van der Waals surface area contributed by atoms with E-state index < -0.39 is 18.5 Å². The van der Waals surface area contributed by atoms with Crippen LogP contribution in [-0.2, 0) is 21.4 Å². The van der Waals surface area contributed by atoms with Gasteiger partial charge in [0.1, 0.15) is 23.9 Å². The van der Waals surface area contributed by atoms with Gasteiger partial charge in [-0.3, -0.25) is 0 Å². The Morgan fingerprint density at radius 3 is 1.50 bits per heavy atom. The number of alkyl halides is 1. The van der Waals surface area contributed by atoms with Crippen molar-refractivity contribution in [3.8, 4) is 34.4 Å². The molecule has 12 heteroatoms. The number of carbonyl (C=O) groups excluding carboxylic acids is 2. The first-order chi connectivity index (χ1) is 19.4. The minimum atomic E-state index is -0.611. The van der Waals surface area contributed by atoms with E-state index in [1.165, 1.54) is 0 Å². The van der Waals surface area contributed by atoms with Crippen LogP contribution in [0.1, 0.15) is 46.3 Å².